The van der Waals surface area contributed by atoms with Crippen LogP contribution in [0.2, 0.25) is 0 Å². The summed E-state index contributed by atoms with van der Waals surface area (Å²) in [5.74, 6) is -0.293. The van der Waals surface area contributed by atoms with Gasteiger partial charge in [0.15, 0.2) is 0 Å². The third-order valence-corrected chi connectivity index (χ3v) is 2.03. The van der Waals surface area contributed by atoms with Gasteiger partial charge in [-0.1, -0.05) is 12.1 Å². The molecule has 0 aliphatic carbocycles. The first-order valence-electron chi connectivity index (χ1n) is 4.40. The molecule has 76 valence electrons. The van der Waals surface area contributed by atoms with Gasteiger partial charge in [0.2, 0.25) is 0 Å². The highest BCUT2D eigenvalue weighted by molar-refractivity contribution is 5.21. The molecular weight excluding hydrogens is 184 g/mol. The number of rotatable bonds is 3. The molecule has 1 aromatic carbocycles. The number of nitrogens with two attached hydrogens (primary N) is 1. The van der Waals surface area contributed by atoms with Crippen LogP contribution in [0.1, 0.15) is 24.9 Å². The maximum atomic E-state index is 12.6. The monoisotopic (exact) mass is 197 g/mol. The van der Waals surface area contributed by atoms with Gasteiger partial charge < -0.3 is 5.73 Å². The zero-order valence-electron chi connectivity index (χ0n) is 8.00. The summed E-state index contributed by atoms with van der Waals surface area (Å²) < 4.78 is 24.6. The third kappa shape index (κ3) is 2.92. The van der Waals surface area contributed by atoms with E-state index in [1.54, 1.807) is 19.1 Å². The van der Waals surface area contributed by atoms with Gasteiger partial charge in [-0.2, -0.15) is 0 Å². The molecule has 0 aliphatic heterocycles. The van der Waals surface area contributed by atoms with Gasteiger partial charge in [0.05, 0.1) is 6.33 Å². The Morgan fingerprint density at radius 1 is 1.43 bits per heavy atom. The molecule has 0 heterocycles. The van der Waals surface area contributed by atoms with E-state index >= 15 is 0 Å². The van der Waals surface area contributed by atoms with Crippen molar-refractivity contribution in [3.05, 3.63) is 47.5 Å². The Labute approximate surface area is 82.2 Å². The van der Waals surface area contributed by atoms with Crippen LogP contribution in [0, 0.1) is 5.82 Å². The van der Waals surface area contributed by atoms with Gasteiger partial charge in [0, 0.05) is 6.04 Å². The highest BCUT2D eigenvalue weighted by atomic mass is 19.1. The second-order valence-electron chi connectivity index (χ2n) is 3.32. The van der Waals surface area contributed by atoms with Crippen molar-refractivity contribution in [3.8, 4) is 0 Å². The summed E-state index contributed by atoms with van der Waals surface area (Å²) in [6, 6.07) is 5.66. The molecular formula is C11H13F2N. The number of hydrogen-bond donors (Lipinski definition) is 1. The first-order valence-corrected chi connectivity index (χ1v) is 4.40. The standard InChI is InChI=1S/C11H13F2N/c1-8(7-12)6-11(14)9-2-4-10(13)5-3-9/h2-5,7,11H,6,14H2,1H3/b8-7-. The molecule has 1 nitrogen and oxygen atoms in total. The Balaban J connectivity index is 2.70. The minimum absolute atomic E-state index is 0.275. The SMILES string of the molecule is C/C(=C/F)CC(N)c1ccc(F)cc1. The van der Waals surface area contributed by atoms with E-state index in [2.05, 4.69) is 0 Å². The Bertz CT molecular complexity index is 317. The van der Waals surface area contributed by atoms with Gasteiger partial charge in [-0.15, -0.1) is 0 Å². The first kappa shape index (κ1) is 10.9. The van der Waals surface area contributed by atoms with E-state index in [-0.39, 0.29) is 11.9 Å². The van der Waals surface area contributed by atoms with Crippen molar-refractivity contribution in [2.24, 2.45) is 5.73 Å². The largest absolute Gasteiger partial charge is 0.324 e. The minimum atomic E-state index is -0.293. The summed E-state index contributed by atoms with van der Waals surface area (Å²) in [5, 5.41) is 0. The fourth-order valence-corrected chi connectivity index (χ4v) is 1.22. The lowest BCUT2D eigenvalue weighted by atomic mass is 10.0. The van der Waals surface area contributed by atoms with Crippen molar-refractivity contribution in [2.75, 3.05) is 0 Å². The topological polar surface area (TPSA) is 26.0 Å². The summed E-state index contributed by atoms with van der Waals surface area (Å²) in [5.41, 5.74) is 7.19. The molecule has 3 heteroatoms. The fraction of sp³-hybridized carbons (Fsp3) is 0.273. The Hall–Kier alpha value is -1.22. The summed E-state index contributed by atoms with van der Waals surface area (Å²) >= 11 is 0. The van der Waals surface area contributed by atoms with Gasteiger partial charge in [-0.25, -0.2) is 8.78 Å². The van der Waals surface area contributed by atoms with Gasteiger partial charge in [-0.05, 0) is 36.6 Å². The summed E-state index contributed by atoms with van der Waals surface area (Å²) in [4.78, 5) is 0. The predicted octanol–water partition coefficient (Wildman–Crippen LogP) is 3.09. The highest BCUT2D eigenvalue weighted by Gasteiger charge is 2.06. The second-order valence-corrected chi connectivity index (χ2v) is 3.32. The van der Waals surface area contributed by atoms with Crippen LogP contribution in [0.25, 0.3) is 0 Å². The molecule has 1 rings (SSSR count). The van der Waals surface area contributed by atoms with Crippen molar-refractivity contribution >= 4 is 0 Å². The van der Waals surface area contributed by atoms with Gasteiger partial charge in [0.25, 0.3) is 0 Å². The molecule has 0 aromatic heterocycles. The molecule has 1 aromatic rings. The van der Waals surface area contributed by atoms with Crippen molar-refractivity contribution in [1.82, 2.24) is 0 Å². The van der Waals surface area contributed by atoms with E-state index in [1.165, 1.54) is 12.1 Å². The second kappa shape index (κ2) is 4.86. The zero-order valence-corrected chi connectivity index (χ0v) is 8.00. The Kier molecular flexibility index (Phi) is 3.77. The Morgan fingerprint density at radius 2 is 2.00 bits per heavy atom. The number of halogens is 2. The minimum Gasteiger partial charge on any atom is -0.324 e. The molecule has 0 saturated carbocycles. The number of benzene rings is 1. The van der Waals surface area contributed by atoms with Crippen LogP contribution >= 0.6 is 0 Å². The van der Waals surface area contributed by atoms with Crippen molar-refractivity contribution in [2.45, 2.75) is 19.4 Å². The number of hydrogen-bond acceptors (Lipinski definition) is 1. The van der Waals surface area contributed by atoms with Crippen LogP contribution in [0.4, 0.5) is 8.78 Å². The van der Waals surface area contributed by atoms with Crippen LogP contribution in [0.5, 0.6) is 0 Å². The molecule has 0 spiro atoms. The first-order chi connectivity index (χ1) is 6.63. The average Bonchev–Trinajstić information content (AvgIpc) is 2.18. The van der Waals surface area contributed by atoms with Crippen LogP contribution in [0.3, 0.4) is 0 Å². The molecule has 0 saturated heterocycles. The lowest BCUT2D eigenvalue weighted by Gasteiger charge is -2.11. The normalized spacial score (nSPS) is 14.1. The van der Waals surface area contributed by atoms with Crippen molar-refractivity contribution in [3.63, 3.8) is 0 Å². The van der Waals surface area contributed by atoms with Crippen LogP contribution < -0.4 is 5.73 Å². The molecule has 14 heavy (non-hydrogen) atoms. The van der Waals surface area contributed by atoms with Gasteiger partial charge in [0.1, 0.15) is 5.82 Å². The molecule has 0 amide bonds. The van der Waals surface area contributed by atoms with E-state index < -0.39 is 0 Å². The molecule has 0 radical (unpaired) electrons. The van der Waals surface area contributed by atoms with E-state index in [9.17, 15) is 8.78 Å². The van der Waals surface area contributed by atoms with Gasteiger partial charge in [-0.3, -0.25) is 0 Å². The van der Waals surface area contributed by atoms with Crippen molar-refractivity contribution < 1.29 is 8.78 Å². The maximum absolute atomic E-state index is 12.6. The van der Waals surface area contributed by atoms with E-state index in [4.69, 9.17) is 5.73 Å². The summed E-state index contributed by atoms with van der Waals surface area (Å²) in [6.45, 7) is 1.67. The predicted molar refractivity (Wildman–Crippen MR) is 52.8 cm³/mol. The molecule has 1 atom stereocenters. The molecule has 2 N–H and O–H groups in total. The lowest BCUT2D eigenvalue weighted by molar-refractivity contribution is 0.623. The lowest BCUT2D eigenvalue weighted by Crippen LogP contribution is -2.10. The maximum Gasteiger partial charge on any atom is 0.123 e. The molecule has 1 unspecified atom stereocenters. The van der Waals surface area contributed by atoms with E-state index in [0.29, 0.717) is 18.3 Å². The van der Waals surface area contributed by atoms with E-state index in [1.807, 2.05) is 0 Å². The molecule has 0 bridgehead atoms. The van der Waals surface area contributed by atoms with Crippen molar-refractivity contribution in [1.29, 1.82) is 0 Å². The molecule has 0 fully saturated rings. The Morgan fingerprint density at radius 3 is 2.50 bits per heavy atom. The summed E-state index contributed by atoms with van der Waals surface area (Å²) in [6.07, 6.45) is 0.992. The summed E-state index contributed by atoms with van der Waals surface area (Å²) in [7, 11) is 0. The highest BCUT2D eigenvalue weighted by Crippen LogP contribution is 2.18. The quantitative estimate of drug-likeness (QED) is 0.791. The van der Waals surface area contributed by atoms with Gasteiger partial charge >= 0.3 is 0 Å². The smallest absolute Gasteiger partial charge is 0.123 e. The molecule has 0 aliphatic rings. The zero-order chi connectivity index (χ0) is 10.6. The third-order valence-electron chi connectivity index (χ3n) is 2.03. The van der Waals surface area contributed by atoms with Crippen LogP contribution in [0.15, 0.2) is 36.2 Å². The van der Waals surface area contributed by atoms with E-state index in [0.717, 1.165) is 5.56 Å². The van der Waals surface area contributed by atoms with Crippen LogP contribution in [-0.2, 0) is 0 Å². The fourth-order valence-electron chi connectivity index (χ4n) is 1.22. The van der Waals surface area contributed by atoms with Crippen LogP contribution in [-0.4, -0.2) is 0 Å². The average molecular weight is 197 g/mol.